The Balaban J connectivity index is 1.59. The topological polar surface area (TPSA) is 69.3 Å². The third-order valence-electron chi connectivity index (χ3n) is 4.73. The van der Waals surface area contributed by atoms with Gasteiger partial charge in [0.1, 0.15) is 17.7 Å². The fourth-order valence-corrected chi connectivity index (χ4v) is 3.38. The highest BCUT2D eigenvalue weighted by atomic mass is 19.4. The van der Waals surface area contributed by atoms with Crippen LogP contribution in [0, 0.1) is 0 Å². The van der Waals surface area contributed by atoms with Crippen molar-refractivity contribution >= 4 is 5.91 Å². The molecule has 150 valence electrons. The van der Waals surface area contributed by atoms with E-state index in [0.717, 1.165) is 6.07 Å². The smallest absolute Gasteiger partial charge is 0.361 e. The molecule has 2 atom stereocenters. The molecule has 1 aromatic heterocycles. The molecule has 0 spiro atoms. The number of carbonyl (C=O) groups is 1. The largest absolute Gasteiger partial charge is 0.416 e. The molecule has 3 N–H and O–H groups in total. The summed E-state index contributed by atoms with van der Waals surface area (Å²) in [6.45, 7) is 1.78. The van der Waals surface area contributed by atoms with E-state index in [-0.39, 0.29) is 17.4 Å². The number of fused-ring (bicyclic) bond motifs is 1. The van der Waals surface area contributed by atoms with Crippen molar-refractivity contribution in [3.05, 3.63) is 89.2 Å². The Morgan fingerprint density at radius 2 is 1.90 bits per heavy atom. The highest BCUT2D eigenvalue weighted by Gasteiger charge is 2.38. The Kier molecular flexibility index (Phi) is 4.75. The molecule has 6 nitrogen and oxygen atoms in total. The Labute approximate surface area is 165 Å². The molecule has 2 aliphatic rings. The SMILES string of the molecule is CC1=C(NC(=O)c2ccccn2)N2NC(c3ccccc3C(F)(F)F)C=CC2N1. The van der Waals surface area contributed by atoms with E-state index in [9.17, 15) is 18.0 Å². The van der Waals surface area contributed by atoms with Gasteiger partial charge in [-0.25, -0.2) is 5.43 Å². The fourth-order valence-electron chi connectivity index (χ4n) is 3.38. The van der Waals surface area contributed by atoms with Crippen LogP contribution in [0.5, 0.6) is 0 Å². The van der Waals surface area contributed by atoms with E-state index in [2.05, 4.69) is 21.0 Å². The van der Waals surface area contributed by atoms with Gasteiger partial charge in [0.2, 0.25) is 0 Å². The van der Waals surface area contributed by atoms with Crippen LogP contribution in [0.3, 0.4) is 0 Å². The number of aromatic nitrogens is 1. The number of nitrogens with zero attached hydrogens (tertiary/aromatic N) is 2. The minimum absolute atomic E-state index is 0.106. The first kappa shape index (κ1) is 19.0. The van der Waals surface area contributed by atoms with Crippen molar-refractivity contribution in [2.45, 2.75) is 25.3 Å². The van der Waals surface area contributed by atoms with Crippen LogP contribution in [0.15, 0.2) is 72.3 Å². The van der Waals surface area contributed by atoms with Gasteiger partial charge in [0, 0.05) is 6.20 Å². The summed E-state index contributed by atoms with van der Waals surface area (Å²) in [5, 5.41) is 7.58. The molecule has 9 heteroatoms. The van der Waals surface area contributed by atoms with Gasteiger partial charge in [0.25, 0.3) is 5.91 Å². The molecule has 2 aromatic rings. The van der Waals surface area contributed by atoms with Crippen LogP contribution in [0.4, 0.5) is 13.2 Å². The zero-order valence-electron chi connectivity index (χ0n) is 15.4. The van der Waals surface area contributed by atoms with Crippen LogP contribution in [0.1, 0.15) is 34.6 Å². The molecule has 3 heterocycles. The third-order valence-corrected chi connectivity index (χ3v) is 4.73. The maximum absolute atomic E-state index is 13.4. The number of hydrogen-bond donors (Lipinski definition) is 3. The standard InChI is InChI=1S/C20H18F3N5O/c1-12-18(26-19(29)16-8-4-5-11-24-16)28-17(25-12)10-9-15(27-28)13-6-2-3-7-14(13)20(21,22)23/h2-11,15,17,25,27H,1H3,(H,26,29). The van der Waals surface area contributed by atoms with E-state index in [1.165, 1.54) is 18.3 Å². The Bertz CT molecular complexity index is 987. The second kappa shape index (κ2) is 7.25. The van der Waals surface area contributed by atoms with Crippen LogP contribution in [0.2, 0.25) is 0 Å². The minimum atomic E-state index is -4.46. The lowest BCUT2D eigenvalue weighted by atomic mass is 9.99. The van der Waals surface area contributed by atoms with Crippen molar-refractivity contribution in [2.75, 3.05) is 0 Å². The normalized spacial score (nSPS) is 21.0. The predicted octanol–water partition coefficient (Wildman–Crippen LogP) is 3.07. The van der Waals surface area contributed by atoms with E-state index >= 15 is 0 Å². The lowest BCUT2D eigenvalue weighted by Crippen LogP contribution is -2.51. The van der Waals surface area contributed by atoms with Crippen LogP contribution in [-0.2, 0) is 6.18 Å². The molecule has 29 heavy (non-hydrogen) atoms. The van der Waals surface area contributed by atoms with Gasteiger partial charge in [-0.15, -0.1) is 0 Å². The molecule has 2 aliphatic heterocycles. The minimum Gasteiger partial charge on any atom is -0.361 e. The predicted molar refractivity (Wildman–Crippen MR) is 99.6 cm³/mol. The molecule has 0 fully saturated rings. The van der Waals surface area contributed by atoms with Gasteiger partial charge in [-0.3, -0.25) is 14.8 Å². The lowest BCUT2D eigenvalue weighted by Gasteiger charge is -2.35. The summed E-state index contributed by atoms with van der Waals surface area (Å²) in [7, 11) is 0. The molecule has 0 radical (unpaired) electrons. The van der Waals surface area contributed by atoms with E-state index in [0.29, 0.717) is 11.5 Å². The fraction of sp³-hybridized carbons (Fsp3) is 0.200. The number of hydrazine groups is 1. The highest BCUT2D eigenvalue weighted by Crippen LogP contribution is 2.36. The van der Waals surface area contributed by atoms with Gasteiger partial charge < -0.3 is 10.6 Å². The molecule has 1 aromatic carbocycles. The number of alkyl halides is 3. The van der Waals surface area contributed by atoms with E-state index in [4.69, 9.17) is 0 Å². The quantitative estimate of drug-likeness (QED) is 0.690. The molecule has 0 saturated heterocycles. The van der Waals surface area contributed by atoms with Gasteiger partial charge in [0.05, 0.1) is 17.3 Å². The number of benzene rings is 1. The number of pyridine rings is 1. The lowest BCUT2D eigenvalue weighted by molar-refractivity contribution is -0.138. The first-order valence-electron chi connectivity index (χ1n) is 8.94. The van der Waals surface area contributed by atoms with Gasteiger partial charge in [-0.2, -0.15) is 13.2 Å². The van der Waals surface area contributed by atoms with Crippen molar-refractivity contribution in [1.29, 1.82) is 0 Å². The van der Waals surface area contributed by atoms with Gasteiger partial charge in [-0.1, -0.05) is 30.3 Å². The number of rotatable bonds is 3. The van der Waals surface area contributed by atoms with Gasteiger partial charge in [-0.05, 0) is 36.8 Å². The molecule has 0 bridgehead atoms. The van der Waals surface area contributed by atoms with Crippen LogP contribution >= 0.6 is 0 Å². The molecule has 0 saturated carbocycles. The van der Waals surface area contributed by atoms with Crippen molar-refractivity contribution in [3.8, 4) is 0 Å². The number of carbonyl (C=O) groups excluding carboxylic acids is 1. The van der Waals surface area contributed by atoms with Crippen LogP contribution < -0.4 is 16.1 Å². The van der Waals surface area contributed by atoms with Crippen molar-refractivity contribution < 1.29 is 18.0 Å². The number of allylic oxidation sites excluding steroid dienone is 1. The van der Waals surface area contributed by atoms with Crippen molar-refractivity contribution in [3.63, 3.8) is 0 Å². The average Bonchev–Trinajstić information content (AvgIpc) is 3.02. The Hall–Kier alpha value is -3.33. The van der Waals surface area contributed by atoms with E-state index in [1.807, 2.05) is 0 Å². The van der Waals surface area contributed by atoms with Crippen LogP contribution in [0.25, 0.3) is 0 Å². The van der Waals surface area contributed by atoms with Crippen LogP contribution in [-0.4, -0.2) is 22.1 Å². The Morgan fingerprint density at radius 3 is 2.62 bits per heavy atom. The zero-order chi connectivity index (χ0) is 20.6. The molecule has 4 rings (SSSR count). The second-order valence-corrected chi connectivity index (χ2v) is 6.68. The second-order valence-electron chi connectivity index (χ2n) is 6.68. The summed E-state index contributed by atoms with van der Waals surface area (Å²) < 4.78 is 40.3. The summed E-state index contributed by atoms with van der Waals surface area (Å²) >= 11 is 0. The summed E-state index contributed by atoms with van der Waals surface area (Å²) in [5.74, 6) is 0.0236. The zero-order valence-corrected chi connectivity index (χ0v) is 15.4. The molecule has 1 amide bonds. The van der Waals surface area contributed by atoms with E-state index in [1.54, 1.807) is 48.4 Å². The van der Waals surface area contributed by atoms with Crippen molar-refractivity contribution in [1.82, 2.24) is 26.1 Å². The molecular weight excluding hydrogens is 383 g/mol. The van der Waals surface area contributed by atoms with Crippen molar-refractivity contribution in [2.24, 2.45) is 0 Å². The third kappa shape index (κ3) is 3.68. The molecular formula is C20H18F3N5O. The summed E-state index contributed by atoms with van der Waals surface area (Å²) in [6.07, 6.45) is 0.155. The maximum Gasteiger partial charge on any atom is 0.416 e. The first-order chi connectivity index (χ1) is 13.8. The Morgan fingerprint density at radius 1 is 1.14 bits per heavy atom. The van der Waals surface area contributed by atoms with Gasteiger partial charge >= 0.3 is 6.18 Å². The molecule has 2 unspecified atom stereocenters. The maximum atomic E-state index is 13.4. The number of halogens is 3. The first-order valence-corrected chi connectivity index (χ1v) is 8.94. The number of amides is 1. The van der Waals surface area contributed by atoms with E-state index < -0.39 is 23.7 Å². The molecule has 0 aliphatic carbocycles. The number of nitrogens with one attached hydrogen (secondary N) is 3. The average molecular weight is 401 g/mol. The summed E-state index contributed by atoms with van der Waals surface area (Å²) in [5.41, 5.74) is 3.40. The van der Waals surface area contributed by atoms with Gasteiger partial charge in [0.15, 0.2) is 0 Å². The highest BCUT2D eigenvalue weighted by molar-refractivity contribution is 5.93. The number of hydrogen-bond acceptors (Lipinski definition) is 5. The summed E-state index contributed by atoms with van der Waals surface area (Å²) in [4.78, 5) is 16.5. The monoisotopic (exact) mass is 401 g/mol. The summed E-state index contributed by atoms with van der Waals surface area (Å²) in [6, 6.07) is 9.71.